The van der Waals surface area contributed by atoms with Gasteiger partial charge in [-0.2, -0.15) is 0 Å². The fourth-order valence-electron chi connectivity index (χ4n) is 3.35. The lowest BCUT2D eigenvalue weighted by Gasteiger charge is -2.23. The zero-order valence-corrected chi connectivity index (χ0v) is 13.0. The van der Waals surface area contributed by atoms with Crippen molar-refractivity contribution in [3.8, 4) is 11.3 Å². The van der Waals surface area contributed by atoms with Crippen molar-refractivity contribution in [3.63, 3.8) is 0 Å². The van der Waals surface area contributed by atoms with Gasteiger partial charge in [-0.1, -0.05) is 25.5 Å². The fourth-order valence-corrected chi connectivity index (χ4v) is 3.35. The van der Waals surface area contributed by atoms with Gasteiger partial charge in [-0.25, -0.2) is 9.37 Å². The SMILES string of the molecule is CCC1CCC(O)CC1.Fc1cccc2c1Cn1cncc1-2. The highest BCUT2D eigenvalue weighted by molar-refractivity contribution is 5.67. The van der Waals surface area contributed by atoms with E-state index in [1.54, 1.807) is 18.6 Å². The van der Waals surface area contributed by atoms with Crippen molar-refractivity contribution in [3.05, 3.63) is 42.1 Å². The Morgan fingerprint density at radius 2 is 2.05 bits per heavy atom. The summed E-state index contributed by atoms with van der Waals surface area (Å²) in [5.41, 5.74) is 2.76. The molecule has 0 atom stereocenters. The predicted octanol–water partition coefficient (Wildman–Crippen LogP) is 4.00. The molecule has 0 radical (unpaired) electrons. The number of hydrogen-bond donors (Lipinski definition) is 1. The van der Waals surface area contributed by atoms with Crippen LogP contribution in [0.2, 0.25) is 0 Å². The van der Waals surface area contributed by atoms with Crippen LogP contribution in [0.25, 0.3) is 11.3 Å². The summed E-state index contributed by atoms with van der Waals surface area (Å²) in [5, 5.41) is 9.12. The third kappa shape index (κ3) is 3.07. The van der Waals surface area contributed by atoms with E-state index in [-0.39, 0.29) is 11.9 Å². The van der Waals surface area contributed by atoms with Crippen LogP contribution in [-0.4, -0.2) is 20.8 Å². The molecule has 2 aliphatic rings. The van der Waals surface area contributed by atoms with Crippen molar-refractivity contribution in [2.45, 2.75) is 51.7 Å². The third-order valence-corrected chi connectivity index (χ3v) is 4.83. The quantitative estimate of drug-likeness (QED) is 0.738. The normalized spacial score (nSPS) is 22.5. The number of imidazole rings is 1. The van der Waals surface area contributed by atoms with Gasteiger partial charge in [0.25, 0.3) is 0 Å². The van der Waals surface area contributed by atoms with E-state index >= 15 is 0 Å². The van der Waals surface area contributed by atoms with Crippen molar-refractivity contribution in [2.24, 2.45) is 5.92 Å². The Bertz CT molecular complexity index is 630. The average molecular weight is 302 g/mol. The van der Waals surface area contributed by atoms with Crippen LogP contribution in [0.1, 0.15) is 44.6 Å². The summed E-state index contributed by atoms with van der Waals surface area (Å²) in [6, 6.07) is 5.16. The van der Waals surface area contributed by atoms with Crippen LogP contribution in [0.4, 0.5) is 4.39 Å². The molecule has 0 unspecified atom stereocenters. The summed E-state index contributed by atoms with van der Waals surface area (Å²) >= 11 is 0. The van der Waals surface area contributed by atoms with Gasteiger partial charge in [0.05, 0.1) is 30.9 Å². The second kappa shape index (κ2) is 6.61. The van der Waals surface area contributed by atoms with E-state index in [1.165, 1.54) is 25.3 Å². The summed E-state index contributed by atoms with van der Waals surface area (Å²) in [7, 11) is 0. The molecule has 0 saturated heterocycles. The Balaban J connectivity index is 0.000000142. The Kier molecular flexibility index (Phi) is 4.57. The second-order valence-electron chi connectivity index (χ2n) is 6.26. The molecule has 1 aliphatic carbocycles. The highest BCUT2D eigenvalue weighted by atomic mass is 19.1. The van der Waals surface area contributed by atoms with Crippen molar-refractivity contribution < 1.29 is 9.50 Å². The molecule has 2 heterocycles. The minimum atomic E-state index is -0.124. The highest BCUT2D eigenvalue weighted by Gasteiger charge is 2.20. The van der Waals surface area contributed by atoms with Gasteiger partial charge in [0.1, 0.15) is 5.82 Å². The Labute approximate surface area is 130 Å². The number of aromatic nitrogens is 2. The first-order valence-corrected chi connectivity index (χ1v) is 8.15. The standard InChI is InChI=1S/C10H7FN2.C8H16O/c11-9-3-1-2-7-8(9)5-13-6-12-4-10(7)13;1-2-7-3-5-8(9)6-4-7/h1-4,6H,5H2;7-9H,2-6H2,1H3. The van der Waals surface area contributed by atoms with E-state index in [1.807, 2.05) is 10.6 Å². The maximum Gasteiger partial charge on any atom is 0.128 e. The van der Waals surface area contributed by atoms with Crippen molar-refractivity contribution in [2.75, 3.05) is 0 Å². The van der Waals surface area contributed by atoms with Gasteiger partial charge < -0.3 is 9.67 Å². The molecule has 1 N–H and O–H groups in total. The van der Waals surface area contributed by atoms with Gasteiger partial charge in [0.15, 0.2) is 0 Å². The van der Waals surface area contributed by atoms with Gasteiger partial charge in [-0.05, 0) is 37.7 Å². The van der Waals surface area contributed by atoms with Crippen molar-refractivity contribution >= 4 is 0 Å². The number of halogens is 1. The molecule has 0 spiro atoms. The topological polar surface area (TPSA) is 38.0 Å². The van der Waals surface area contributed by atoms with E-state index in [2.05, 4.69) is 11.9 Å². The van der Waals surface area contributed by atoms with Gasteiger partial charge in [-0.15, -0.1) is 0 Å². The Morgan fingerprint density at radius 1 is 1.27 bits per heavy atom. The Morgan fingerprint density at radius 3 is 2.77 bits per heavy atom. The van der Waals surface area contributed by atoms with Crippen LogP contribution < -0.4 is 0 Å². The molecule has 1 saturated carbocycles. The fraction of sp³-hybridized carbons (Fsp3) is 0.500. The summed E-state index contributed by atoms with van der Waals surface area (Å²) < 4.78 is 15.3. The van der Waals surface area contributed by atoms with E-state index in [0.717, 1.165) is 35.6 Å². The highest BCUT2D eigenvalue weighted by Crippen LogP contribution is 2.32. The molecule has 0 amide bonds. The summed E-state index contributed by atoms with van der Waals surface area (Å²) in [6.45, 7) is 2.85. The van der Waals surface area contributed by atoms with Gasteiger partial charge in [-0.3, -0.25) is 0 Å². The number of nitrogens with zero attached hydrogens (tertiary/aromatic N) is 2. The molecule has 1 aromatic carbocycles. The minimum absolute atomic E-state index is 0.0211. The van der Waals surface area contributed by atoms with E-state index < -0.39 is 0 Å². The molecule has 1 aliphatic heterocycles. The number of hydrogen-bond acceptors (Lipinski definition) is 2. The molecule has 1 fully saturated rings. The van der Waals surface area contributed by atoms with Crippen LogP contribution in [0.3, 0.4) is 0 Å². The van der Waals surface area contributed by atoms with E-state index in [9.17, 15) is 4.39 Å². The smallest absolute Gasteiger partial charge is 0.128 e. The maximum atomic E-state index is 13.3. The molecule has 118 valence electrons. The monoisotopic (exact) mass is 302 g/mol. The lowest BCUT2D eigenvalue weighted by molar-refractivity contribution is 0.108. The molecular weight excluding hydrogens is 279 g/mol. The number of rotatable bonds is 1. The van der Waals surface area contributed by atoms with Crippen molar-refractivity contribution in [1.82, 2.24) is 9.55 Å². The van der Waals surface area contributed by atoms with Crippen LogP contribution in [0, 0.1) is 11.7 Å². The summed E-state index contributed by atoms with van der Waals surface area (Å²) in [4.78, 5) is 4.01. The summed E-state index contributed by atoms with van der Waals surface area (Å²) in [6.07, 6.45) is 9.40. The van der Waals surface area contributed by atoms with Crippen LogP contribution in [-0.2, 0) is 6.54 Å². The van der Waals surface area contributed by atoms with E-state index in [0.29, 0.717) is 6.54 Å². The lowest BCUT2D eigenvalue weighted by Crippen LogP contribution is -2.17. The second-order valence-corrected chi connectivity index (χ2v) is 6.26. The van der Waals surface area contributed by atoms with Gasteiger partial charge in [0, 0.05) is 11.1 Å². The number of benzene rings is 1. The lowest BCUT2D eigenvalue weighted by atomic mass is 9.86. The average Bonchev–Trinajstić information content (AvgIpc) is 3.11. The molecule has 22 heavy (non-hydrogen) atoms. The first kappa shape index (κ1) is 15.2. The zero-order valence-electron chi connectivity index (χ0n) is 13.0. The predicted molar refractivity (Wildman–Crippen MR) is 85.0 cm³/mol. The Hall–Kier alpha value is -1.68. The minimum Gasteiger partial charge on any atom is -0.393 e. The molecular formula is C18H23FN2O. The van der Waals surface area contributed by atoms with E-state index in [4.69, 9.17) is 5.11 Å². The maximum absolute atomic E-state index is 13.3. The molecule has 3 nitrogen and oxygen atoms in total. The number of aliphatic hydroxyl groups is 1. The first-order valence-electron chi connectivity index (χ1n) is 8.15. The van der Waals surface area contributed by atoms with Crippen LogP contribution in [0.5, 0.6) is 0 Å². The molecule has 1 aromatic heterocycles. The molecule has 2 aromatic rings. The third-order valence-electron chi connectivity index (χ3n) is 4.83. The van der Waals surface area contributed by atoms with Crippen LogP contribution in [0.15, 0.2) is 30.7 Å². The molecule has 0 bridgehead atoms. The molecule has 4 rings (SSSR count). The number of fused-ring (bicyclic) bond motifs is 3. The molecule has 4 heteroatoms. The largest absolute Gasteiger partial charge is 0.393 e. The zero-order chi connectivity index (χ0) is 15.5. The van der Waals surface area contributed by atoms with Gasteiger partial charge in [0.2, 0.25) is 0 Å². The van der Waals surface area contributed by atoms with Gasteiger partial charge >= 0.3 is 0 Å². The van der Waals surface area contributed by atoms with Crippen LogP contribution >= 0.6 is 0 Å². The van der Waals surface area contributed by atoms with Crippen molar-refractivity contribution in [1.29, 1.82) is 0 Å². The number of aliphatic hydroxyl groups excluding tert-OH is 1. The summed E-state index contributed by atoms with van der Waals surface area (Å²) in [5.74, 6) is 0.787. The first-order chi connectivity index (χ1) is 10.7.